The van der Waals surface area contributed by atoms with Crippen molar-refractivity contribution in [3.8, 4) is 0 Å². The topological polar surface area (TPSA) is 55.4 Å². The predicted octanol–water partition coefficient (Wildman–Crippen LogP) is 9.24. The Hall–Kier alpha value is -2.20. The smallest absolute Gasteiger partial charge is 0.399 e. The largest absolute Gasteiger partial charge is 0.495 e. The normalized spacial score (nSPS) is 25.9. The second kappa shape index (κ2) is 16.2. The summed E-state index contributed by atoms with van der Waals surface area (Å²) in [5.74, 6) is 0. The van der Waals surface area contributed by atoms with E-state index in [1.807, 2.05) is 36.8 Å². The molecule has 270 valence electrons. The molecule has 0 bridgehead atoms. The Morgan fingerprint density at radius 2 is 1.14 bits per heavy atom. The second-order valence-electron chi connectivity index (χ2n) is 15.2. The maximum absolute atomic E-state index is 6.93. The van der Waals surface area contributed by atoms with Crippen molar-refractivity contribution in [2.75, 3.05) is 6.61 Å². The van der Waals surface area contributed by atoms with Gasteiger partial charge < -0.3 is 35.5 Å². The number of hydrogen-bond acceptors (Lipinski definition) is 6. The van der Waals surface area contributed by atoms with Gasteiger partial charge in [0.2, 0.25) is 0 Å². The molecule has 5 aliphatic rings. The maximum atomic E-state index is 6.93. The van der Waals surface area contributed by atoms with Crippen molar-refractivity contribution in [3.63, 3.8) is 0 Å². The van der Waals surface area contributed by atoms with Gasteiger partial charge in [-0.05, 0) is 108 Å². The van der Waals surface area contributed by atoms with Gasteiger partial charge in [0.1, 0.15) is 0 Å². The van der Waals surface area contributed by atoms with Crippen molar-refractivity contribution >= 4 is 25.4 Å². The molecule has 2 aromatic rings. The van der Waals surface area contributed by atoms with Gasteiger partial charge in [0, 0.05) is 36.2 Å². The van der Waals surface area contributed by atoms with E-state index < -0.39 is 36.6 Å². The summed E-state index contributed by atoms with van der Waals surface area (Å²) in [4.78, 5) is 0. The van der Waals surface area contributed by atoms with E-state index in [1.165, 1.54) is 0 Å². The van der Waals surface area contributed by atoms with E-state index in [0.717, 1.165) is 52.5 Å². The monoisotopic (exact) mass is 723 g/mol. The summed E-state index contributed by atoms with van der Waals surface area (Å²) < 4.78 is 40.3. The van der Waals surface area contributed by atoms with Crippen LogP contribution in [0.1, 0.15) is 92.2 Å². The zero-order valence-corrected chi connectivity index (χ0v) is 32.3. The average molecular weight is 723 g/mol. The molecule has 1 unspecified atom stereocenters. The van der Waals surface area contributed by atoms with E-state index in [2.05, 4.69) is 110 Å². The fourth-order valence-electron chi connectivity index (χ4n) is 6.62. The van der Waals surface area contributed by atoms with Gasteiger partial charge in [-0.25, -0.2) is 0 Å². The zero-order chi connectivity index (χ0) is 34.2. The standard InChI is InChI=1S/C35H46B2O6.C5H5.CH3.Co/c1-32(2)33(3,4)41-36(40-32)30-26(24-17-11-9-12-18-24)23-27(39-28-21-15-16-22-38-28)31(29(30)25-19-13-10-14-20-25)37-42-34(5,6)35(7,8)43-37;1-2-4-5-3-1;;/h9-14,17-20,27-28H,15-16,21-23H2,1-8H3;1-5H;1H3;/q;;-1;/t27-,28?;;;/m0.../s1. The van der Waals surface area contributed by atoms with Crippen molar-refractivity contribution in [1.82, 2.24) is 0 Å². The first kappa shape index (κ1) is 40.6. The number of hydrogen-bond donors (Lipinski definition) is 0. The SMILES string of the molecule is CC1(C)OB(C2=C(c3ccccc3)C[C@H](OC3CCCCO3)C(B3OC(C)(C)C(C)(C)O3)=C2c2ccccc2)OC1(C)C.[CH3-].[CH]1C=CC=C1.[Co]. The summed E-state index contributed by atoms with van der Waals surface area (Å²) >= 11 is 0. The second-order valence-corrected chi connectivity index (χ2v) is 15.2. The van der Waals surface area contributed by atoms with Crippen molar-refractivity contribution in [3.05, 3.63) is 121 Å². The van der Waals surface area contributed by atoms with Gasteiger partial charge in [-0.2, -0.15) is 0 Å². The number of benzene rings is 2. The third-order valence-corrected chi connectivity index (χ3v) is 10.8. The van der Waals surface area contributed by atoms with Gasteiger partial charge in [0.05, 0.1) is 28.5 Å². The van der Waals surface area contributed by atoms with Gasteiger partial charge in [0.25, 0.3) is 0 Å². The molecule has 0 spiro atoms. The molecular formula is C41H54B2CoO6-. The quantitative estimate of drug-likeness (QED) is 0.219. The van der Waals surface area contributed by atoms with E-state index in [0.29, 0.717) is 13.0 Å². The van der Waals surface area contributed by atoms with Crippen molar-refractivity contribution in [2.24, 2.45) is 0 Å². The molecule has 2 aromatic carbocycles. The van der Waals surface area contributed by atoms with Gasteiger partial charge in [-0.15, -0.1) is 0 Å². The van der Waals surface area contributed by atoms with E-state index >= 15 is 0 Å². The van der Waals surface area contributed by atoms with Crippen LogP contribution < -0.4 is 0 Å². The molecule has 0 amide bonds. The van der Waals surface area contributed by atoms with E-state index in [9.17, 15) is 0 Å². The summed E-state index contributed by atoms with van der Waals surface area (Å²) in [6.45, 7) is 17.5. The number of ether oxygens (including phenoxy) is 2. The van der Waals surface area contributed by atoms with E-state index in [4.69, 9.17) is 28.1 Å². The van der Waals surface area contributed by atoms with Crippen molar-refractivity contribution < 1.29 is 44.9 Å². The van der Waals surface area contributed by atoms with Crippen LogP contribution in [-0.2, 0) is 44.9 Å². The van der Waals surface area contributed by atoms with Crippen LogP contribution in [0.5, 0.6) is 0 Å². The molecule has 3 aliphatic heterocycles. The average Bonchev–Trinajstić information content (AvgIpc) is 3.76. The summed E-state index contributed by atoms with van der Waals surface area (Å²) in [5, 5.41) is 0. The van der Waals surface area contributed by atoms with Gasteiger partial charge in [-0.1, -0.05) is 85.0 Å². The van der Waals surface area contributed by atoms with Gasteiger partial charge in [0.15, 0.2) is 6.29 Å². The molecule has 2 atom stereocenters. The molecule has 3 heterocycles. The summed E-state index contributed by atoms with van der Waals surface area (Å²) in [5.41, 5.74) is 4.20. The fraction of sp³-hybridized carbons (Fsp3) is 0.463. The molecule has 3 fully saturated rings. The third-order valence-electron chi connectivity index (χ3n) is 10.8. The first-order valence-electron chi connectivity index (χ1n) is 17.5. The Morgan fingerprint density at radius 3 is 1.60 bits per heavy atom. The Labute approximate surface area is 312 Å². The summed E-state index contributed by atoms with van der Waals surface area (Å²) in [6, 6.07) is 21.0. The maximum Gasteiger partial charge on any atom is 0.495 e. The Kier molecular flexibility index (Phi) is 13.2. The van der Waals surface area contributed by atoms with Crippen LogP contribution in [0.15, 0.2) is 95.9 Å². The van der Waals surface area contributed by atoms with Crippen LogP contribution in [0.25, 0.3) is 11.1 Å². The predicted molar refractivity (Wildman–Crippen MR) is 201 cm³/mol. The third kappa shape index (κ3) is 8.37. The number of rotatable bonds is 6. The van der Waals surface area contributed by atoms with E-state index in [-0.39, 0.29) is 36.6 Å². The summed E-state index contributed by atoms with van der Waals surface area (Å²) in [6.07, 6.45) is 13.0. The van der Waals surface area contributed by atoms with Crippen LogP contribution in [-0.4, -0.2) is 55.6 Å². The zero-order valence-electron chi connectivity index (χ0n) is 31.3. The Bertz CT molecular complexity index is 1520. The molecule has 50 heavy (non-hydrogen) atoms. The molecule has 2 aliphatic carbocycles. The molecular weight excluding hydrogens is 669 g/mol. The van der Waals surface area contributed by atoms with Crippen LogP contribution in [0.2, 0.25) is 0 Å². The molecule has 6 nitrogen and oxygen atoms in total. The van der Waals surface area contributed by atoms with E-state index in [1.54, 1.807) is 0 Å². The van der Waals surface area contributed by atoms with Crippen molar-refractivity contribution in [2.45, 2.75) is 116 Å². The summed E-state index contributed by atoms with van der Waals surface area (Å²) in [7, 11) is -1.22. The van der Waals surface area contributed by atoms with Crippen molar-refractivity contribution in [1.29, 1.82) is 0 Å². The Morgan fingerprint density at radius 1 is 0.640 bits per heavy atom. The molecule has 0 N–H and O–H groups in total. The molecule has 7 rings (SSSR count). The van der Waals surface area contributed by atoms with Crippen LogP contribution in [0.3, 0.4) is 0 Å². The minimum atomic E-state index is -0.622. The minimum absolute atomic E-state index is 0. The minimum Gasteiger partial charge on any atom is -0.399 e. The molecule has 0 saturated carbocycles. The Balaban J connectivity index is 0.000000739. The molecule has 3 saturated heterocycles. The van der Waals surface area contributed by atoms with Gasteiger partial charge in [-0.3, -0.25) is 0 Å². The fourth-order valence-corrected chi connectivity index (χ4v) is 6.62. The van der Waals surface area contributed by atoms with Crippen LogP contribution >= 0.6 is 0 Å². The van der Waals surface area contributed by atoms with Gasteiger partial charge >= 0.3 is 14.2 Å². The molecule has 9 heteroatoms. The van der Waals surface area contributed by atoms with Crippen LogP contribution in [0.4, 0.5) is 0 Å². The first-order chi connectivity index (χ1) is 22.8. The molecule has 0 aromatic heterocycles. The number of allylic oxidation sites excluding steroid dienone is 6. The molecule has 2 radical (unpaired) electrons. The first-order valence-corrected chi connectivity index (χ1v) is 17.5. The van der Waals surface area contributed by atoms with Crippen LogP contribution in [0, 0.1) is 13.8 Å².